The fourth-order valence-electron chi connectivity index (χ4n) is 2.55. The highest BCUT2D eigenvalue weighted by Gasteiger charge is 2.21. The van der Waals surface area contributed by atoms with Gasteiger partial charge in [0.05, 0.1) is 14.2 Å². The van der Waals surface area contributed by atoms with E-state index in [1.165, 1.54) is 34.4 Å². The Bertz CT molecular complexity index is 961. The lowest BCUT2D eigenvalue weighted by atomic mass is 10.2. The molecule has 0 aliphatic carbocycles. The SMILES string of the molecule is CCN(C(=O)c1cccc(F)c1)c1nnc(-c2ccc(OC)c(OC)c2)s1. The number of amides is 1. The summed E-state index contributed by atoms with van der Waals surface area (Å²) < 4.78 is 24.0. The van der Waals surface area contributed by atoms with Gasteiger partial charge in [-0.2, -0.15) is 0 Å². The topological polar surface area (TPSA) is 64.6 Å². The van der Waals surface area contributed by atoms with E-state index in [0.29, 0.717) is 28.2 Å². The lowest BCUT2D eigenvalue weighted by molar-refractivity contribution is 0.0987. The van der Waals surface area contributed by atoms with Gasteiger partial charge in [0, 0.05) is 17.7 Å². The Hall–Kier alpha value is -3.00. The van der Waals surface area contributed by atoms with Crippen molar-refractivity contribution < 1.29 is 18.7 Å². The van der Waals surface area contributed by atoms with Gasteiger partial charge in [-0.25, -0.2) is 4.39 Å². The summed E-state index contributed by atoms with van der Waals surface area (Å²) in [5.74, 6) is 0.407. The van der Waals surface area contributed by atoms with E-state index in [2.05, 4.69) is 10.2 Å². The molecule has 1 amide bonds. The van der Waals surface area contributed by atoms with Gasteiger partial charge in [0.15, 0.2) is 11.5 Å². The first kappa shape index (κ1) is 18.8. The Labute approximate surface area is 160 Å². The number of hydrogen-bond acceptors (Lipinski definition) is 6. The molecular formula is C19H18FN3O3S. The van der Waals surface area contributed by atoms with Gasteiger partial charge in [-0.15, -0.1) is 10.2 Å². The molecule has 140 valence electrons. The molecule has 3 aromatic rings. The summed E-state index contributed by atoms with van der Waals surface area (Å²) in [5, 5.41) is 9.40. The van der Waals surface area contributed by atoms with Gasteiger partial charge >= 0.3 is 0 Å². The fourth-order valence-corrected chi connectivity index (χ4v) is 3.46. The number of benzene rings is 2. The van der Waals surface area contributed by atoms with Crippen molar-refractivity contribution in [2.24, 2.45) is 0 Å². The van der Waals surface area contributed by atoms with Crippen molar-refractivity contribution >= 4 is 22.4 Å². The summed E-state index contributed by atoms with van der Waals surface area (Å²) in [7, 11) is 3.13. The number of nitrogens with zero attached hydrogens (tertiary/aromatic N) is 3. The number of rotatable bonds is 6. The second-order valence-electron chi connectivity index (χ2n) is 5.52. The molecule has 8 heteroatoms. The number of methoxy groups -OCH3 is 2. The van der Waals surface area contributed by atoms with E-state index in [-0.39, 0.29) is 11.5 Å². The van der Waals surface area contributed by atoms with Gasteiger partial charge in [0.2, 0.25) is 5.13 Å². The zero-order chi connectivity index (χ0) is 19.4. The quantitative estimate of drug-likeness (QED) is 0.639. The number of carbonyl (C=O) groups is 1. The molecule has 0 aliphatic heterocycles. The number of hydrogen-bond donors (Lipinski definition) is 0. The summed E-state index contributed by atoms with van der Waals surface area (Å²) in [6, 6.07) is 11.0. The highest BCUT2D eigenvalue weighted by atomic mass is 32.1. The number of ether oxygens (including phenoxy) is 2. The van der Waals surface area contributed by atoms with Crippen LogP contribution in [0.2, 0.25) is 0 Å². The maximum Gasteiger partial charge on any atom is 0.260 e. The van der Waals surface area contributed by atoms with Crippen LogP contribution >= 0.6 is 11.3 Å². The number of aromatic nitrogens is 2. The second kappa shape index (κ2) is 8.13. The first-order valence-corrected chi connectivity index (χ1v) is 9.02. The normalized spacial score (nSPS) is 10.5. The molecule has 0 atom stereocenters. The lowest BCUT2D eigenvalue weighted by Gasteiger charge is -2.17. The van der Waals surface area contributed by atoms with Gasteiger partial charge in [-0.05, 0) is 43.3 Å². The highest BCUT2D eigenvalue weighted by molar-refractivity contribution is 7.18. The summed E-state index contributed by atoms with van der Waals surface area (Å²) >= 11 is 1.27. The van der Waals surface area contributed by atoms with Crippen LogP contribution in [0, 0.1) is 5.82 Å². The van der Waals surface area contributed by atoms with Crippen LogP contribution in [0.3, 0.4) is 0 Å². The van der Waals surface area contributed by atoms with Crippen LogP contribution in [0.25, 0.3) is 10.6 Å². The zero-order valence-corrected chi connectivity index (χ0v) is 15.9. The van der Waals surface area contributed by atoms with E-state index in [4.69, 9.17) is 9.47 Å². The lowest BCUT2D eigenvalue weighted by Crippen LogP contribution is -2.30. The first-order valence-electron chi connectivity index (χ1n) is 8.20. The van der Waals surface area contributed by atoms with E-state index in [0.717, 1.165) is 5.56 Å². The Balaban J connectivity index is 1.90. The largest absolute Gasteiger partial charge is 0.493 e. The molecule has 1 heterocycles. The molecule has 0 radical (unpaired) electrons. The van der Waals surface area contributed by atoms with E-state index in [9.17, 15) is 9.18 Å². The minimum absolute atomic E-state index is 0.264. The third kappa shape index (κ3) is 3.90. The van der Waals surface area contributed by atoms with Crippen LogP contribution in [-0.4, -0.2) is 36.9 Å². The van der Waals surface area contributed by atoms with Gasteiger partial charge in [0.25, 0.3) is 5.91 Å². The smallest absolute Gasteiger partial charge is 0.260 e. The molecule has 3 rings (SSSR count). The molecule has 0 spiro atoms. The van der Waals surface area contributed by atoms with Crippen LogP contribution in [0.4, 0.5) is 9.52 Å². The first-order chi connectivity index (χ1) is 13.1. The van der Waals surface area contributed by atoms with E-state index < -0.39 is 5.82 Å². The summed E-state index contributed by atoms with van der Waals surface area (Å²) in [4.78, 5) is 14.2. The minimum Gasteiger partial charge on any atom is -0.493 e. The summed E-state index contributed by atoms with van der Waals surface area (Å²) in [6.07, 6.45) is 0. The molecule has 0 aliphatic rings. The molecule has 0 saturated heterocycles. The van der Waals surface area contributed by atoms with Crippen molar-refractivity contribution in [3.05, 3.63) is 53.8 Å². The van der Waals surface area contributed by atoms with Gasteiger partial charge < -0.3 is 9.47 Å². The van der Waals surface area contributed by atoms with E-state index in [1.54, 1.807) is 32.4 Å². The van der Waals surface area contributed by atoms with Crippen molar-refractivity contribution in [1.29, 1.82) is 0 Å². The molecule has 2 aromatic carbocycles. The maximum atomic E-state index is 13.4. The van der Waals surface area contributed by atoms with Crippen molar-refractivity contribution in [3.63, 3.8) is 0 Å². The third-order valence-corrected chi connectivity index (χ3v) is 4.90. The molecule has 0 bridgehead atoms. The average molecular weight is 387 g/mol. The van der Waals surface area contributed by atoms with Crippen LogP contribution in [0.15, 0.2) is 42.5 Å². The standard InChI is InChI=1S/C19H18FN3O3S/c1-4-23(18(24)13-6-5-7-14(20)10-13)19-22-21-17(27-19)12-8-9-15(25-2)16(11-12)26-3/h5-11H,4H2,1-3H3. The molecule has 0 unspecified atom stereocenters. The second-order valence-corrected chi connectivity index (χ2v) is 6.48. The predicted octanol–water partition coefficient (Wildman–Crippen LogP) is 4.03. The maximum absolute atomic E-state index is 13.4. The fraction of sp³-hybridized carbons (Fsp3) is 0.211. The molecule has 27 heavy (non-hydrogen) atoms. The van der Waals surface area contributed by atoms with Crippen LogP contribution < -0.4 is 14.4 Å². The van der Waals surface area contributed by atoms with Crippen molar-refractivity contribution in [2.75, 3.05) is 25.7 Å². The third-order valence-electron chi connectivity index (χ3n) is 3.91. The Kier molecular flexibility index (Phi) is 5.66. The van der Waals surface area contributed by atoms with Crippen molar-refractivity contribution in [3.8, 4) is 22.1 Å². The Morgan fingerprint density at radius 1 is 1.11 bits per heavy atom. The molecular weight excluding hydrogens is 369 g/mol. The Morgan fingerprint density at radius 3 is 2.56 bits per heavy atom. The number of halogens is 1. The van der Waals surface area contributed by atoms with Crippen LogP contribution in [-0.2, 0) is 0 Å². The van der Waals surface area contributed by atoms with Crippen LogP contribution in [0.5, 0.6) is 11.5 Å². The number of carbonyl (C=O) groups excluding carboxylic acids is 1. The monoisotopic (exact) mass is 387 g/mol. The van der Waals surface area contributed by atoms with E-state index >= 15 is 0 Å². The highest BCUT2D eigenvalue weighted by Crippen LogP contribution is 2.35. The molecule has 0 fully saturated rings. The molecule has 6 nitrogen and oxygen atoms in total. The van der Waals surface area contributed by atoms with Crippen molar-refractivity contribution in [2.45, 2.75) is 6.92 Å². The molecule has 1 aromatic heterocycles. The van der Waals surface area contributed by atoms with Gasteiger partial charge in [-0.3, -0.25) is 9.69 Å². The van der Waals surface area contributed by atoms with Gasteiger partial charge in [-0.1, -0.05) is 17.4 Å². The number of anilines is 1. The van der Waals surface area contributed by atoms with Crippen LogP contribution in [0.1, 0.15) is 17.3 Å². The zero-order valence-electron chi connectivity index (χ0n) is 15.1. The molecule has 0 N–H and O–H groups in total. The van der Waals surface area contributed by atoms with Crippen molar-refractivity contribution in [1.82, 2.24) is 10.2 Å². The Morgan fingerprint density at radius 2 is 1.89 bits per heavy atom. The summed E-state index contributed by atoms with van der Waals surface area (Å²) in [6.45, 7) is 2.21. The van der Waals surface area contributed by atoms with E-state index in [1.807, 2.05) is 13.0 Å². The summed E-state index contributed by atoms with van der Waals surface area (Å²) in [5.41, 5.74) is 1.06. The van der Waals surface area contributed by atoms with Gasteiger partial charge in [0.1, 0.15) is 10.8 Å². The average Bonchev–Trinajstić information content (AvgIpc) is 3.17. The minimum atomic E-state index is -0.458. The molecule has 0 saturated carbocycles. The predicted molar refractivity (Wildman–Crippen MR) is 102 cm³/mol.